The summed E-state index contributed by atoms with van der Waals surface area (Å²) in [4.78, 5) is 0. The second kappa shape index (κ2) is 6.42. The largest absolute Gasteiger partial charge is 0.496 e. The van der Waals surface area contributed by atoms with Crippen molar-refractivity contribution in [3.8, 4) is 5.75 Å². The molecule has 1 aliphatic carbocycles. The van der Waals surface area contributed by atoms with Crippen LogP contribution in [0.4, 0.5) is 0 Å². The number of ether oxygens (including phenoxy) is 1. The zero-order valence-electron chi connectivity index (χ0n) is 12.7. The molecule has 1 aromatic rings. The van der Waals surface area contributed by atoms with Gasteiger partial charge in [0.1, 0.15) is 5.75 Å². The van der Waals surface area contributed by atoms with E-state index in [2.05, 4.69) is 44.3 Å². The van der Waals surface area contributed by atoms with Gasteiger partial charge in [-0.1, -0.05) is 38.0 Å². The maximum atomic E-state index is 5.55. The van der Waals surface area contributed by atoms with E-state index in [1.54, 1.807) is 7.11 Å². The Morgan fingerprint density at radius 1 is 1.32 bits per heavy atom. The van der Waals surface area contributed by atoms with Crippen LogP contribution in [0.3, 0.4) is 0 Å². The third-order valence-corrected chi connectivity index (χ3v) is 4.45. The molecule has 0 aliphatic heterocycles. The molecule has 0 bridgehead atoms. The van der Waals surface area contributed by atoms with Crippen LogP contribution < -0.4 is 10.1 Å². The lowest BCUT2D eigenvalue weighted by Gasteiger charge is -2.46. The first kappa shape index (κ1) is 14.4. The normalized spacial score (nSPS) is 26.0. The first-order valence-electron chi connectivity index (χ1n) is 7.59. The van der Waals surface area contributed by atoms with E-state index in [-0.39, 0.29) is 0 Å². The number of rotatable bonds is 6. The van der Waals surface area contributed by atoms with Gasteiger partial charge in [-0.2, -0.15) is 0 Å². The zero-order chi connectivity index (χ0) is 13.8. The molecule has 3 atom stereocenters. The summed E-state index contributed by atoms with van der Waals surface area (Å²) in [5.41, 5.74) is 2.74. The minimum atomic E-state index is 0.661. The molecule has 19 heavy (non-hydrogen) atoms. The van der Waals surface area contributed by atoms with Crippen LogP contribution >= 0.6 is 0 Å². The lowest BCUT2D eigenvalue weighted by molar-refractivity contribution is 0.158. The number of hydrogen-bond donors (Lipinski definition) is 1. The summed E-state index contributed by atoms with van der Waals surface area (Å²) < 4.78 is 5.55. The lowest BCUT2D eigenvalue weighted by Crippen LogP contribution is -2.49. The molecule has 1 aliphatic rings. The molecular weight excluding hydrogens is 234 g/mol. The molecule has 3 unspecified atom stereocenters. The van der Waals surface area contributed by atoms with Crippen molar-refractivity contribution >= 4 is 0 Å². The first-order chi connectivity index (χ1) is 9.21. The van der Waals surface area contributed by atoms with Gasteiger partial charge in [0, 0.05) is 6.04 Å². The van der Waals surface area contributed by atoms with Crippen molar-refractivity contribution in [2.45, 2.75) is 52.0 Å². The monoisotopic (exact) mass is 261 g/mol. The highest BCUT2D eigenvalue weighted by Crippen LogP contribution is 2.47. The van der Waals surface area contributed by atoms with Crippen LogP contribution in [0.15, 0.2) is 18.2 Å². The van der Waals surface area contributed by atoms with Crippen molar-refractivity contribution in [3.05, 3.63) is 29.3 Å². The maximum absolute atomic E-state index is 5.55. The van der Waals surface area contributed by atoms with Gasteiger partial charge in [0.2, 0.25) is 0 Å². The van der Waals surface area contributed by atoms with E-state index in [1.807, 2.05) is 0 Å². The molecule has 0 radical (unpaired) electrons. The molecule has 0 amide bonds. The molecule has 1 N–H and O–H groups in total. The van der Waals surface area contributed by atoms with Crippen LogP contribution in [-0.2, 0) is 0 Å². The lowest BCUT2D eigenvalue weighted by atomic mass is 9.64. The van der Waals surface area contributed by atoms with Crippen LogP contribution in [0.25, 0.3) is 0 Å². The molecule has 1 aromatic carbocycles. The Hall–Kier alpha value is -1.02. The molecule has 0 heterocycles. The highest BCUT2D eigenvalue weighted by atomic mass is 16.5. The minimum Gasteiger partial charge on any atom is -0.496 e. The third-order valence-electron chi connectivity index (χ3n) is 4.45. The highest BCUT2D eigenvalue weighted by molar-refractivity contribution is 5.41. The predicted octanol–water partition coefficient (Wildman–Crippen LogP) is 3.89. The number of nitrogens with one attached hydrogen (secondary N) is 1. The van der Waals surface area contributed by atoms with Crippen molar-refractivity contribution in [1.82, 2.24) is 5.32 Å². The SMILES string of the molecule is CCCNC1CC(c2cc(C)ccc2OC)C1CC. The minimum absolute atomic E-state index is 0.661. The molecule has 2 nitrogen and oxygen atoms in total. The molecule has 0 saturated heterocycles. The van der Waals surface area contributed by atoms with Gasteiger partial charge in [-0.25, -0.2) is 0 Å². The highest BCUT2D eigenvalue weighted by Gasteiger charge is 2.41. The molecular formula is C17H27NO. The Labute approximate surface area is 117 Å². The van der Waals surface area contributed by atoms with E-state index in [0.29, 0.717) is 12.0 Å². The topological polar surface area (TPSA) is 21.3 Å². The van der Waals surface area contributed by atoms with Gasteiger partial charge in [-0.15, -0.1) is 0 Å². The summed E-state index contributed by atoms with van der Waals surface area (Å²) in [6.45, 7) is 7.83. The predicted molar refractivity (Wildman–Crippen MR) is 81.0 cm³/mol. The Morgan fingerprint density at radius 3 is 2.74 bits per heavy atom. The Bertz CT molecular complexity index is 416. The molecule has 1 saturated carbocycles. The van der Waals surface area contributed by atoms with E-state index >= 15 is 0 Å². The van der Waals surface area contributed by atoms with Crippen LogP contribution in [0.5, 0.6) is 5.75 Å². The van der Waals surface area contributed by atoms with Gasteiger partial charge in [0.25, 0.3) is 0 Å². The first-order valence-corrected chi connectivity index (χ1v) is 7.59. The fourth-order valence-corrected chi connectivity index (χ4v) is 3.34. The molecule has 0 aromatic heterocycles. The second-order valence-corrected chi connectivity index (χ2v) is 5.72. The van der Waals surface area contributed by atoms with Gasteiger partial charge in [-0.05, 0) is 49.8 Å². The van der Waals surface area contributed by atoms with Gasteiger partial charge < -0.3 is 10.1 Å². The number of methoxy groups -OCH3 is 1. The quantitative estimate of drug-likeness (QED) is 0.839. The molecule has 1 fully saturated rings. The fraction of sp³-hybridized carbons (Fsp3) is 0.647. The zero-order valence-corrected chi connectivity index (χ0v) is 12.7. The maximum Gasteiger partial charge on any atom is 0.122 e. The van der Waals surface area contributed by atoms with Crippen LogP contribution in [0.2, 0.25) is 0 Å². The summed E-state index contributed by atoms with van der Waals surface area (Å²) >= 11 is 0. The Kier molecular flexibility index (Phi) is 4.87. The van der Waals surface area contributed by atoms with Crippen molar-refractivity contribution in [2.24, 2.45) is 5.92 Å². The molecule has 0 spiro atoms. The summed E-state index contributed by atoms with van der Waals surface area (Å²) in [7, 11) is 1.78. The van der Waals surface area contributed by atoms with Crippen LogP contribution in [0.1, 0.15) is 50.2 Å². The van der Waals surface area contributed by atoms with Crippen LogP contribution in [-0.4, -0.2) is 19.7 Å². The molecule has 2 rings (SSSR count). The van der Waals surface area contributed by atoms with Gasteiger partial charge in [-0.3, -0.25) is 0 Å². The average Bonchev–Trinajstić information content (AvgIpc) is 2.38. The summed E-state index contributed by atoms with van der Waals surface area (Å²) in [5.74, 6) is 2.47. The molecule has 106 valence electrons. The summed E-state index contributed by atoms with van der Waals surface area (Å²) in [6.07, 6.45) is 3.70. The summed E-state index contributed by atoms with van der Waals surface area (Å²) in [5, 5.41) is 3.68. The van der Waals surface area contributed by atoms with Crippen molar-refractivity contribution in [2.75, 3.05) is 13.7 Å². The van der Waals surface area contributed by atoms with Crippen molar-refractivity contribution in [3.63, 3.8) is 0 Å². The fourth-order valence-electron chi connectivity index (χ4n) is 3.34. The van der Waals surface area contributed by atoms with Gasteiger partial charge >= 0.3 is 0 Å². The molecule has 2 heteroatoms. The van der Waals surface area contributed by atoms with Crippen LogP contribution in [0, 0.1) is 12.8 Å². The Morgan fingerprint density at radius 2 is 2.11 bits per heavy atom. The van der Waals surface area contributed by atoms with Crippen molar-refractivity contribution < 1.29 is 4.74 Å². The van der Waals surface area contributed by atoms with E-state index in [4.69, 9.17) is 4.74 Å². The summed E-state index contributed by atoms with van der Waals surface area (Å²) in [6, 6.07) is 7.25. The third kappa shape index (κ3) is 2.94. The van der Waals surface area contributed by atoms with E-state index in [1.165, 1.54) is 30.4 Å². The second-order valence-electron chi connectivity index (χ2n) is 5.72. The number of aryl methyl sites for hydroxylation is 1. The van der Waals surface area contributed by atoms with Crippen molar-refractivity contribution in [1.29, 1.82) is 0 Å². The smallest absolute Gasteiger partial charge is 0.122 e. The Balaban J connectivity index is 2.12. The van der Waals surface area contributed by atoms with Gasteiger partial charge in [0.15, 0.2) is 0 Å². The van der Waals surface area contributed by atoms with E-state index < -0.39 is 0 Å². The number of hydrogen-bond acceptors (Lipinski definition) is 2. The van der Waals surface area contributed by atoms with E-state index in [9.17, 15) is 0 Å². The standard InChI is InChI=1S/C17H27NO/c1-5-9-18-16-11-14(13(16)6-2)15-10-12(3)7-8-17(15)19-4/h7-8,10,13-14,16,18H,5-6,9,11H2,1-4H3. The van der Waals surface area contributed by atoms with Gasteiger partial charge in [0.05, 0.1) is 7.11 Å². The average molecular weight is 261 g/mol. The van der Waals surface area contributed by atoms with E-state index in [0.717, 1.165) is 18.2 Å². The number of benzene rings is 1.